The Balaban J connectivity index is 2.10. The van der Waals surface area contributed by atoms with Crippen LogP contribution in [0.3, 0.4) is 0 Å². The zero-order valence-corrected chi connectivity index (χ0v) is 13.1. The lowest BCUT2D eigenvalue weighted by Crippen LogP contribution is -2.43. The zero-order chi connectivity index (χ0) is 17.6. The third kappa shape index (κ3) is 2.65. The number of nitrogens with one attached hydrogen (secondary N) is 1. The summed E-state index contributed by atoms with van der Waals surface area (Å²) in [6, 6.07) is 1.10. The number of carbonyl (C=O) groups is 2. The van der Waals surface area contributed by atoms with E-state index in [-0.39, 0.29) is 12.3 Å². The maximum atomic E-state index is 12.4. The second kappa shape index (κ2) is 5.59. The molecule has 2 bridgehead atoms. The number of fused-ring (bicyclic) bond motifs is 4. The molecule has 2 unspecified atom stereocenters. The SMILES string of the molecule is CONC(=O)C1c2ccc(O)cc2C2CN1C(=O)N2OS(=O)(=O)O. The summed E-state index contributed by atoms with van der Waals surface area (Å²) < 4.78 is 35.2. The summed E-state index contributed by atoms with van der Waals surface area (Å²) >= 11 is 0. The summed E-state index contributed by atoms with van der Waals surface area (Å²) in [6.45, 7) is -0.0768. The molecular weight excluding hydrogens is 346 g/mol. The summed E-state index contributed by atoms with van der Waals surface area (Å²) in [4.78, 5) is 30.3. The Kier molecular flexibility index (Phi) is 3.83. The van der Waals surface area contributed by atoms with Crippen molar-refractivity contribution in [2.75, 3.05) is 13.7 Å². The highest BCUT2D eigenvalue weighted by Crippen LogP contribution is 2.45. The van der Waals surface area contributed by atoms with Crippen molar-refractivity contribution in [3.8, 4) is 5.75 Å². The average molecular weight is 359 g/mol. The molecule has 3 rings (SSSR count). The molecule has 2 atom stereocenters. The minimum Gasteiger partial charge on any atom is -0.508 e. The smallest absolute Gasteiger partial charge is 0.418 e. The van der Waals surface area contributed by atoms with E-state index in [0.29, 0.717) is 16.2 Å². The molecule has 0 aliphatic carbocycles. The molecule has 0 saturated carbocycles. The van der Waals surface area contributed by atoms with Gasteiger partial charge in [-0.05, 0) is 23.3 Å². The van der Waals surface area contributed by atoms with Gasteiger partial charge >= 0.3 is 16.4 Å². The third-order valence-corrected chi connectivity index (χ3v) is 4.10. The van der Waals surface area contributed by atoms with E-state index in [2.05, 4.69) is 14.6 Å². The molecule has 2 aliphatic heterocycles. The summed E-state index contributed by atoms with van der Waals surface area (Å²) in [6.07, 6.45) is 0. The third-order valence-electron chi connectivity index (χ3n) is 3.75. The van der Waals surface area contributed by atoms with Crippen LogP contribution in [0.1, 0.15) is 23.2 Å². The van der Waals surface area contributed by atoms with Crippen molar-refractivity contribution >= 4 is 22.3 Å². The van der Waals surface area contributed by atoms with Gasteiger partial charge in [0.25, 0.3) is 5.91 Å². The minimum absolute atomic E-state index is 0.0768. The first kappa shape index (κ1) is 16.4. The number of carbonyl (C=O) groups excluding carboxylic acids is 2. The molecule has 3 amide bonds. The topological polar surface area (TPSA) is 146 Å². The highest BCUT2D eigenvalue weighted by atomic mass is 32.3. The largest absolute Gasteiger partial charge is 0.508 e. The number of amides is 3. The number of aromatic hydroxyl groups is 1. The average Bonchev–Trinajstić information content (AvgIpc) is 2.74. The number of phenolic OH excluding ortho intramolecular Hbond substituents is 1. The van der Waals surface area contributed by atoms with Crippen LogP contribution in [-0.2, 0) is 24.3 Å². The fourth-order valence-electron chi connectivity index (χ4n) is 2.93. The van der Waals surface area contributed by atoms with E-state index in [1.54, 1.807) is 0 Å². The molecule has 1 fully saturated rings. The quantitative estimate of drug-likeness (QED) is 0.488. The molecule has 1 saturated heterocycles. The van der Waals surface area contributed by atoms with E-state index in [1.165, 1.54) is 25.3 Å². The standard InChI is InChI=1S/C12H13N3O8S/c1-22-13-11(17)10-7-3-2-6(16)4-8(7)9-5-14(10)12(18)15(9)23-24(19,20)21/h2-4,9-10,16H,5H2,1H3,(H,13,17)(H,19,20,21). The van der Waals surface area contributed by atoms with Gasteiger partial charge in [0.05, 0.1) is 13.7 Å². The predicted octanol–water partition coefficient (Wildman–Crippen LogP) is -0.362. The van der Waals surface area contributed by atoms with Gasteiger partial charge in [-0.2, -0.15) is 13.5 Å². The maximum Gasteiger partial charge on any atom is 0.418 e. The number of hydrogen-bond acceptors (Lipinski definition) is 7. The normalized spacial score (nSPS) is 22.5. The van der Waals surface area contributed by atoms with Crippen LogP contribution in [0.25, 0.3) is 0 Å². The molecule has 11 nitrogen and oxygen atoms in total. The van der Waals surface area contributed by atoms with Gasteiger partial charge < -0.3 is 10.0 Å². The van der Waals surface area contributed by atoms with Crippen LogP contribution in [0.15, 0.2) is 18.2 Å². The molecule has 130 valence electrons. The first-order chi connectivity index (χ1) is 11.2. The lowest BCUT2D eigenvalue weighted by molar-refractivity contribution is -0.136. The van der Waals surface area contributed by atoms with E-state index in [1.807, 2.05) is 0 Å². The van der Waals surface area contributed by atoms with Gasteiger partial charge in [0.1, 0.15) is 17.8 Å². The van der Waals surface area contributed by atoms with Crippen molar-refractivity contribution < 1.29 is 36.8 Å². The van der Waals surface area contributed by atoms with Gasteiger partial charge in [0.2, 0.25) is 0 Å². The Morgan fingerprint density at radius 2 is 2.08 bits per heavy atom. The van der Waals surface area contributed by atoms with E-state index in [9.17, 15) is 23.1 Å². The summed E-state index contributed by atoms with van der Waals surface area (Å²) in [7, 11) is -3.73. The van der Waals surface area contributed by atoms with E-state index in [0.717, 1.165) is 4.90 Å². The van der Waals surface area contributed by atoms with Crippen molar-refractivity contribution in [2.24, 2.45) is 0 Å². The Bertz CT molecular complexity index is 811. The Labute approximate surface area is 136 Å². The second-order valence-electron chi connectivity index (χ2n) is 5.16. The lowest BCUT2D eigenvalue weighted by atomic mass is 9.90. The van der Waals surface area contributed by atoms with Gasteiger partial charge in [0.15, 0.2) is 0 Å². The van der Waals surface area contributed by atoms with E-state index in [4.69, 9.17) is 4.55 Å². The van der Waals surface area contributed by atoms with Crippen LogP contribution >= 0.6 is 0 Å². The number of hydrogen-bond donors (Lipinski definition) is 3. The van der Waals surface area contributed by atoms with Crippen LogP contribution in [-0.4, -0.2) is 53.6 Å². The molecule has 0 aromatic heterocycles. The second-order valence-corrected chi connectivity index (χ2v) is 6.17. The van der Waals surface area contributed by atoms with Crippen molar-refractivity contribution in [2.45, 2.75) is 12.1 Å². The molecule has 0 radical (unpaired) electrons. The number of hydroxylamine groups is 3. The Hall–Kier alpha value is -2.41. The summed E-state index contributed by atoms with van der Waals surface area (Å²) in [5.74, 6) is -0.802. The molecule has 2 aliphatic rings. The van der Waals surface area contributed by atoms with Crippen molar-refractivity contribution in [3.05, 3.63) is 29.3 Å². The maximum absolute atomic E-state index is 12.4. The van der Waals surface area contributed by atoms with Crippen LogP contribution in [0.4, 0.5) is 4.79 Å². The van der Waals surface area contributed by atoms with Gasteiger partial charge in [-0.15, -0.1) is 4.28 Å². The Morgan fingerprint density at radius 3 is 2.71 bits per heavy atom. The highest BCUT2D eigenvalue weighted by molar-refractivity contribution is 7.80. The minimum atomic E-state index is -4.95. The van der Waals surface area contributed by atoms with Gasteiger partial charge in [-0.25, -0.2) is 10.3 Å². The number of rotatable bonds is 4. The monoisotopic (exact) mass is 359 g/mol. The molecule has 0 spiro atoms. The van der Waals surface area contributed by atoms with Crippen LogP contribution in [0, 0.1) is 0 Å². The van der Waals surface area contributed by atoms with Crippen LogP contribution in [0.5, 0.6) is 5.75 Å². The molecule has 12 heteroatoms. The molecular formula is C12H13N3O8S. The van der Waals surface area contributed by atoms with E-state index < -0.39 is 34.4 Å². The molecule has 24 heavy (non-hydrogen) atoms. The van der Waals surface area contributed by atoms with Crippen LogP contribution in [0.2, 0.25) is 0 Å². The van der Waals surface area contributed by atoms with Gasteiger partial charge in [-0.3, -0.25) is 14.2 Å². The number of phenols is 1. The lowest BCUT2D eigenvalue weighted by Gasteiger charge is -2.31. The van der Waals surface area contributed by atoms with E-state index >= 15 is 0 Å². The van der Waals surface area contributed by atoms with Crippen LogP contribution < -0.4 is 5.48 Å². The predicted molar refractivity (Wildman–Crippen MR) is 75.3 cm³/mol. The number of benzene rings is 1. The molecule has 3 N–H and O–H groups in total. The molecule has 1 aromatic rings. The molecule has 2 heterocycles. The summed E-state index contributed by atoms with van der Waals surface area (Å²) in [5.41, 5.74) is 2.80. The first-order valence-electron chi connectivity index (χ1n) is 6.65. The fraction of sp³-hybridized carbons (Fsp3) is 0.333. The fourth-order valence-corrected chi connectivity index (χ4v) is 3.30. The van der Waals surface area contributed by atoms with Crippen molar-refractivity contribution in [3.63, 3.8) is 0 Å². The van der Waals surface area contributed by atoms with Crippen molar-refractivity contribution in [1.29, 1.82) is 0 Å². The summed E-state index contributed by atoms with van der Waals surface area (Å²) in [5, 5.41) is 10.1. The molecule has 1 aromatic carbocycles. The first-order valence-corrected chi connectivity index (χ1v) is 8.02. The number of nitrogens with zero attached hydrogens (tertiary/aromatic N) is 2. The van der Waals surface area contributed by atoms with Crippen molar-refractivity contribution in [1.82, 2.24) is 15.4 Å². The highest BCUT2D eigenvalue weighted by Gasteiger charge is 2.52. The zero-order valence-electron chi connectivity index (χ0n) is 12.2. The Morgan fingerprint density at radius 1 is 1.38 bits per heavy atom. The number of urea groups is 1. The van der Waals surface area contributed by atoms with Gasteiger partial charge in [-0.1, -0.05) is 6.07 Å². The van der Waals surface area contributed by atoms with Gasteiger partial charge in [0, 0.05) is 0 Å².